The Morgan fingerprint density at radius 2 is 2.10 bits per heavy atom. The molecule has 0 saturated heterocycles. The minimum atomic E-state index is -0.579. The summed E-state index contributed by atoms with van der Waals surface area (Å²) in [5, 5.41) is 3.26. The van der Waals surface area contributed by atoms with Gasteiger partial charge in [-0.15, -0.1) is 0 Å². The topological polar surface area (TPSA) is 56.2 Å². The Bertz CT molecular complexity index is 456. The van der Waals surface area contributed by atoms with Crippen LogP contribution in [0.5, 0.6) is 0 Å². The monoisotopic (exact) mass is 295 g/mol. The van der Waals surface area contributed by atoms with E-state index >= 15 is 0 Å². The fourth-order valence-corrected chi connectivity index (χ4v) is 2.47. The van der Waals surface area contributed by atoms with Crippen molar-refractivity contribution >= 4 is 5.97 Å². The molecule has 0 aromatic carbocycles. The van der Waals surface area contributed by atoms with E-state index in [-0.39, 0.29) is 5.97 Å². The fraction of sp³-hybridized carbons (Fsp3) is 0.750. The first-order chi connectivity index (χ1) is 9.94. The predicted octanol–water partition coefficient (Wildman–Crippen LogP) is 2.60. The van der Waals surface area contributed by atoms with E-state index < -0.39 is 5.54 Å². The summed E-state index contributed by atoms with van der Waals surface area (Å²) in [6.07, 6.45) is 4.67. The maximum Gasteiger partial charge on any atom is 0.326 e. The van der Waals surface area contributed by atoms with Crippen molar-refractivity contribution in [2.24, 2.45) is 0 Å². The van der Waals surface area contributed by atoms with E-state index in [1.807, 2.05) is 34.0 Å². The van der Waals surface area contributed by atoms with E-state index in [2.05, 4.69) is 21.8 Å². The summed E-state index contributed by atoms with van der Waals surface area (Å²) in [7, 11) is 0. The van der Waals surface area contributed by atoms with E-state index in [9.17, 15) is 4.79 Å². The van der Waals surface area contributed by atoms with E-state index in [1.165, 1.54) is 5.69 Å². The third-order valence-electron chi connectivity index (χ3n) is 3.96. The first-order valence-corrected chi connectivity index (χ1v) is 7.85. The molecule has 0 saturated carbocycles. The maximum absolute atomic E-state index is 12.1. The number of nitrogens with one attached hydrogen (secondary N) is 1. The van der Waals surface area contributed by atoms with Gasteiger partial charge in [0.15, 0.2) is 0 Å². The summed E-state index contributed by atoms with van der Waals surface area (Å²) >= 11 is 0. The third-order valence-corrected chi connectivity index (χ3v) is 3.96. The van der Waals surface area contributed by atoms with Crippen molar-refractivity contribution in [2.45, 2.75) is 66.0 Å². The lowest BCUT2D eigenvalue weighted by atomic mass is 9.94. The molecule has 1 heterocycles. The van der Waals surface area contributed by atoms with Gasteiger partial charge in [-0.05, 0) is 53.5 Å². The SMILES string of the molecule is CCNC(C)(CCCCn1cnc(C)c1C)C(=O)OCC. The van der Waals surface area contributed by atoms with Crippen LogP contribution in [-0.4, -0.2) is 34.2 Å². The number of hydrogen-bond donors (Lipinski definition) is 1. The van der Waals surface area contributed by atoms with Gasteiger partial charge in [-0.25, -0.2) is 4.98 Å². The van der Waals surface area contributed by atoms with Gasteiger partial charge in [-0.2, -0.15) is 0 Å². The standard InChI is InChI=1S/C16H29N3O2/c1-6-18-16(5,15(20)21-7-2)10-8-9-11-19-12-17-13(3)14(19)4/h12,18H,6-11H2,1-5H3. The van der Waals surface area contributed by atoms with Crippen LogP contribution in [0, 0.1) is 13.8 Å². The number of ether oxygens (including phenoxy) is 1. The molecule has 0 aliphatic carbocycles. The van der Waals surface area contributed by atoms with Gasteiger partial charge in [-0.3, -0.25) is 4.79 Å². The second-order valence-electron chi connectivity index (χ2n) is 5.65. The lowest BCUT2D eigenvalue weighted by Gasteiger charge is -2.28. The highest BCUT2D eigenvalue weighted by Crippen LogP contribution is 2.17. The zero-order valence-electron chi connectivity index (χ0n) is 14.0. The van der Waals surface area contributed by atoms with Crippen LogP contribution in [0.3, 0.4) is 0 Å². The van der Waals surface area contributed by atoms with Crippen molar-refractivity contribution < 1.29 is 9.53 Å². The highest BCUT2D eigenvalue weighted by Gasteiger charge is 2.32. The number of imidazole rings is 1. The summed E-state index contributed by atoms with van der Waals surface area (Å²) in [6.45, 7) is 12.0. The van der Waals surface area contributed by atoms with E-state index in [0.717, 1.165) is 38.0 Å². The second kappa shape index (κ2) is 8.17. The van der Waals surface area contributed by atoms with Crippen molar-refractivity contribution in [3.63, 3.8) is 0 Å². The summed E-state index contributed by atoms with van der Waals surface area (Å²) in [6, 6.07) is 0. The number of carbonyl (C=O) groups excluding carboxylic acids is 1. The quantitative estimate of drug-likeness (QED) is 0.562. The van der Waals surface area contributed by atoms with Gasteiger partial charge in [-0.1, -0.05) is 6.92 Å². The number of nitrogens with zero attached hydrogens (tertiary/aromatic N) is 2. The minimum Gasteiger partial charge on any atom is -0.465 e. The molecule has 0 amide bonds. The number of likely N-dealkylation sites (N-methyl/N-ethyl adjacent to an activating group) is 1. The zero-order chi connectivity index (χ0) is 15.9. The molecule has 0 fully saturated rings. The molecular formula is C16H29N3O2. The summed E-state index contributed by atoms with van der Waals surface area (Å²) < 4.78 is 7.35. The molecule has 120 valence electrons. The normalized spacial score (nSPS) is 14.0. The van der Waals surface area contributed by atoms with Gasteiger partial charge in [0.2, 0.25) is 0 Å². The number of aryl methyl sites for hydroxylation is 2. The summed E-state index contributed by atoms with van der Waals surface area (Å²) in [4.78, 5) is 16.4. The van der Waals surface area contributed by atoms with Gasteiger partial charge >= 0.3 is 5.97 Å². The minimum absolute atomic E-state index is 0.151. The van der Waals surface area contributed by atoms with Gasteiger partial charge in [0.1, 0.15) is 5.54 Å². The number of carbonyl (C=O) groups is 1. The molecule has 21 heavy (non-hydrogen) atoms. The lowest BCUT2D eigenvalue weighted by Crippen LogP contribution is -2.50. The molecule has 1 N–H and O–H groups in total. The van der Waals surface area contributed by atoms with Gasteiger partial charge < -0.3 is 14.6 Å². The van der Waals surface area contributed by atoms with E-state index in [1.54, 1.807) is 0 Å². The zero-order valence-corrected chi connectivity index (χ0v) is 14.0. The molecule has 0 spiro atoms. The van der Waals surface area contributed by atoms with Crippen LogP contribution in [0.2, 0.25) is 0 Å². The smallest absolute Gasteiger partial charge is 0.326 e. The number of rotatable bonds is 9. The van der Waals surface area contributed by atoms with Crippen LogP contribution in [-0.2, 0) is 16.1 Å². The Labute approximate surface area is 128 Å². The van der Waals surface area contributed by atoms with Crippen LogP contribution in [0.1, 0.15) is 51.4 Å². The van der Waals surface area contributed by atoms with Crippen LogP contribution in [0.4, 0.5) is 0 Å². The molecule has 0 aliphatic rings. The molecular weight excluding hydrogens is 266 g/mol. The van der Waals surface area contributed by atoms with Gasteiger partial charge in [0.05, 0.1) is 18.6 Å². The molecule has 1 aromatic rings. The molecule has 5 heteroatoms. The highest BCUT2D eigenvalue weighted by atomic mass is 16.5. The number of esters is 1. The number of unbranched alkanes of at least 4 members (excludes halogenated alkanes) is 1. The Kier molecular flexibility index (Phi) is 6.89. The average molecular weight is 295 g/mol. The van der Waals surface area contributed by atoms with Crippen LogP contribution in [0.25, 0.3) is 0 Å². The maximum atomic E-state index is 12.1. The summed E-state index contributed by atoms with van der Waals surface area (Å²) in [5.74, 6) is -0.151. The molecule has 0 bridgehead atoms. The van der Waals surface area contributed by atoms with Crippen molar-refractivity contribution in [3.05, 3.63) is 17.7 Å². The molecule has 0 aliphatic heterocycles. The molecule has 0 radical (unpaired) electrons. The van der Waals surface area contributed by atoms with Gasteiger partial charge in [0.25, 0.3) is 0 Å². The predicted molar refractivity (Wildman–Crippen MR) is 84.3 cm³/mol. The largest absolute Gasteiger partial charge is 0.465 e. The molecule has 1 rings (SSSR count). The number of aromatic nitrogens is 2. The lowest BCUT2D eigenvalue weighted by molar-refractivity contribution is -0.150. The molecule has 1 aromatic heterocycles. The van der Waals surface area contributed by atoms with Crippen molar-refractivity contribution in [1.29, 1.82) is 0 Å². The third kappa shape index (κ3) is 4.84. The Hall–Kier alpha value is -1.36. The molecule has 5 nitrogen and oxygen atoms in total. The Morgan fingerprint density at radius 3 is 2.62 bits per heavy atom. The van der Waals surface area contributed by atoms with Gasteiger partial charge in [0, 0.05) is 12.2 Å². The Balaban J connectivity index is 2.47. The first kappa shape index (κ1) is 17.7. The average Bonchev–Trinajstić information content (AvgIpc) is 2.76. The molecule has 1 atom stereocenters. The fourth-order valence-electron chi connectivity index (χ4n) is 2.47. The second-order valence-corrected chi connectivity index (χ2v) is 5.65. The molecule has 1 unspecified atom stereocenters. The van der Waals surface area contributed by atoms with Crippen molar-refractivity contribution in [3.8, 4) is 0 Å². The Morgan fingerprint density at radius 1 is 1.38 bits per heavy atom. The highest BCUT2D eigenvalue weighted by molar-refractivity contribution is 5.80. The van der Waals surface area contributed by atoms with Crippen LogP contribution < -0.4 is 5.32 Å². The first-order valence-electron chi connectivity index (χ1n) is 7.85. The van der Waals surface area contributed by atoms with Crippen LogP contribution in [0.15, 0.2) is 6.33 Å². The number of hydrogen-bond acceptors (Lipinski definition) is 4. The van der Waals surface area contributed by atoms with Crippen LogP contribution >= 0.6 is 0 Å². The summed E-state index contributed by atoms with van der Waals surface area (Å²) in [5.41, 5.74) is 1.72. The van der Waals surface area contributed by atoms with Crippen molar-refractivity contribution in [2.75, 3.05) is 13.2 Å². The van der Waals surface area contributed by atoms with E-state index in [4.69, 9.17) is 4.74 Å². The van der Waals surface area contributed by atoms with Crippen molar-refractivity contribution in [1.82, 2.24) is 14.9 Å². The van der Waals surface area contributed by atoms with E-state index in [0.29, 0.717) is 6.61 Å².